The van der Waals surface area contributed by atoms with Gasteiger partial charge >= 0.3 is 0 Å². The van der Waals surface area contributed by atoms with Crippen molar-refractivity contribution in [3.63, 3.8) is 0 Å². The van der Waals surface area contributed by atoms with Gasteiger partial charge in [-0.2, -0.15) is 4.57 Å². The number of nitrogens with zero attached hydrogens (tertiary/aromatic N) is 2. The molecule has 0 saturated heterocycles. The number of fused-ring (bicyclic) bond motifs is 2. The molecule has 3 aromatic rings. The minimum atomic E-state index is 0. The number of hydrogen-bond acceptors (Lipinski definition) is 1. The maximum absolute atomic E-state index is 2.35. The van der Waals surface area contributed by atoms with Crippen molar-refractivity contribution >= 4 is 28.7 Å². The molecular formula is C27H27IN2. The number of aromatic nitrogens is 1. The molecular weight excluding hydrogens is 479 g/mol. The van der Waals surface area contributed by atoms with Gasteiger partial charge in [-0.25, -0.2) is 0 Å². The molecule has 4 rings (SSSR count). The standard InChI is InChI=1S/C27H27N2.HI/c1-3-28-24(20-18-22-12-8-10-16-26(22)28)14-6-5-7-15-25-21-19-23-13-9-11-17-27(23)29(25)4-2;/h5-21H,3-4H2,1-2H3;1H/q+1;/p-1. The van der Waals surface area contributed by atoms with E-state index in [0.717, 1.165) is 13.1 Å². The van der Waals surface area contributed by atoms with Gasteiger partial charge in [-0.3, -0.25) is 0 Å². The van der Waals surface area contributed by atoms with Crippen LogP contribution in [0.4, 0.5) is 5.69 Å². The predicted octanol–water partition coefficient (Wildman–Crippen LogP) is 3.16. The van der Waals surface area contributed by atoms with E-state index >= 15 is 0 Å². The van der Waals surface area contributed by atoms with Crippen LogP contribution in [-0.4, -0.2) is 6.54 Å². The molecule has 0 bridgehead atoms. The second-order valence-electron chi connectivity index (χ2n) is 7.03. The van der Waals surface area contributed by atoms with Crippen molar-refractivity contribution in [3.05, 3.63) is 108 Å². The van der Waals surface area contributed by atoms with Crippen molar-refractivity contribution in [1.82, 2.24) is 0 Å². The van der Waals surface area contributed by atoms with Gasteiger partial charge in [-0.1, -0.05) is 54.6 Å². The highest BCUT2D eigenvalue weighted by Gasteiger charge is 2.14. The third-order valence-electron chi connectivity index (χ3n) is 5.33. The molecule has 0 amide bonds. The van der Waals surface area contributed by atoms with Crippen molar-refractivity contribution in [3.8, 4) is 0 Å². The Bertz CT molecular complexity index is 1140. The number of aryl methyl sites for hydroxylation is 1. The van der Waals surface area contributed by atoms with E-state index in [4.69, 9.17) is 0 Å². The molecule has 0 radical (unpaired) electrons. The van der Waals surface area contributed by atoms with Crippen LogP contribution in [0.25, 0.3) is 23.1 Å². The molecule has 3 heteroatoms. The fourth-order valence-electron chi connectivity index (χ4n) is 3.93. The molecule has 1 aromatic heterocycles. The highest BCUT2D eigenvalue weighted by atomic mass is 127. The number of benzene rings is 2. The van der Waals surface area contributed by atoms with E-state index in [1.807, 2.05) is 0 Å². The number of pyridine rings is 1. The largest absolute Gasteiger partial charge is 1.00 e. The monoisotopic (exact) mass is 506 g/mol. The molecule has 0 fully saturated rings. The summed E-state index contributed by atoms with van der Waals surface area (Å²) in [6.07, 6.45) is 15.1. The normalized spacial score (nSPS) is 14.6. The van der Waals surface area contributed by atoms with Crippen LogP contribution in [0, 0.1) is 0 Å². The first-order valence-electron chi connectivity index (χ1n) is 10.3. The Morgan fingerprint density at radius 1 is 0.833 bits per heavy atom. The number of anilines is 1. The Labute approximate surface area is 196 Å². The number of allylic oxidation sites excluding steroid dienone is 5. The Balaban J connectivity index is 0.00000256. The first-order chi connectivity index (χ1) is 14.3. The molecule has 0 N–H and O–H groups in total. The van der Waals surface area contributed by atoms with Crippen LogP contribution >= 0.6 is 0 Å². The lowest BCUT2D eigenvalue weighted by Gasteiger charge is -2.29. The van der Waals surface area contributed by atoms with Crippen LogP contribution in [0.15, 0.2) is 96.7 Å². The Morgan fingerprint density at radius 3 is 2.47 bits per heavy atom. The highest BCUT2D eigenvalue weighted by Crippen LogP contribution is 2.30. The Morgan fingerprint density at radius 2 is 1.63 bits per heavy atom. The maximum atomic E-state index is 2.35. The first-order valence-corrected chi connectivity index (χ1v) is 10.3. The minimum Gasteiger partial charge on any atom is -1.00 e. The minimum absolute atomic E-state index is 0. The number of halogens is 1. The Kier molecular flexibility index (Phi) is 7.63. The van der Waals surface area contributed by atoms with Crippen molar-refractivity contribution in [2.24, 2.45) is 0 Å². The van der Waals surface area contributed by atoms with Gasteiger partial charge in [0.1, 0.15) is 6.54 Å². The summed E-state index contributed by atoms with van der Waals surface area (Å²) in [6.45, 7) is 6.28. The molecule has 2 heterocycles. The van der Waals surface area contributed by atoms with E-state index in [1.54, 1.807) is 0 Å². The van der Waals surface area contributed by atoms with Gasteiger partial charge in [-0.15, -0.1) is 0 Å². The summed E-state index contributed by atoms with van der Waals surface area (Å²) >= 11 is 0. The smallest absolute Gasteiger partial charge is 0.212 e. The van der Waals surface area contributed by atoms with Gasteiger partial charge in [0.25, 0.3) is 0 Å². The SMILES string of the molecule is CCN1C(=CC=CC=Cc2ccc3ccccc3[n+]2CC)C=Cc2ccccc21.[I-]. The third-order valence-corrected chi connectivity index (χ3v) is 5.33. The maximum Gasteiger partial charge on any atom is 0.212 e. The molecule has 0 atom stereocenters. The van der Waals surface area contributed by atoms with E-state index in [0.29, 0.717) is 0 Å². The van der Waals surface area contributed by atoms with Gasteiger partial charge in [0, 0.05) is 41.5 Å². The molecule has 0 aliphatic carbocycles. The van der Waals surface area contributed by atoms with E-state index in [2.05, 4.69) is 127 Å². The molecule has 2 aromatic carbocycles. The van der Waals surface area contributed by atoms with Gasteiger partial charge in [0.2, 0.25) is 11.2 Å². The zero-order valence-electron chi connectivity index (χ0n) is 17.5. The summed E-state index contributed by atoms with van der Waals surface area (Å²) in [7, 11) is 0. The van der Waals surface area contributed by atoms with Crippen LogP contribution < -0.4 is 33.4 Å². The van der Waals surface area contributed by atoms with Crippen LogP contribution in [-0.2, 0) is 6.54 Å². The lowest BCUT2D eigenvalue weighted by atomic mass is 10.1. The van der Waals surface area contributed by atoms with Crippen LogP contribution in [0.1, 0.15) is 25.1 Å². The second kappa shape index (κ2) is 10.4. The number of likely N-dealkylation sites (N-methyl/N-ethyl adjacent to an activating group) is 1. The average Bonchev–Trinajstić information content (AvgIpc) is 2.78. The molecule has 1 aliphatic rings. The molecule has 1 aliphatic heterocycles. The zero-order valence-corrected chi connectivity index (χ0v) is 19.7. The number of rotatable bonds is 5. The van der Waals surface area contributed by atoms with Crippen LogP contribution in [0.5, 0.6) is 0 Å². The van der Waals surface area contributed by atoms with E-state index in [-0.39, 0.29) is 24.0 Å². The van der Waals surface area contributed by atoms with Crippen LogP contribution in [0.2, 0.25) is 0 Å². The van der Waals surface area contributed by atoms with E-state index < -0.39 is 0 Å². The Hall–Kier alpha value is -2.66. The van der Waals surface area contributed by atoms with E-state index in [1.165, 1.54) is 33.5 Å². The van der Waals surface area contributed by atoms with Crippen molar-refractivity contribution in [1.29, 1.82) is 0 Å². The lowest BCUT2D eigenvalue weighted by Crippen LogP contribution is -3.00. The average molecular weight is 506 g/mol. The summed E-state index contributed by atoms with van der Waals surface area (Å²) in [5, 5.41) is 1.27. The van der Waals surface area contributed by atoms with Gasteiger partial charge in [0.15, 0.2) is 0 Å². The first kappa shape index (κ1) is 22.0. The van der Waals surface area contributed by atoms with Gasteiger partial charge in [-0.05, 0) is 49.8 Å². The van der Waals surface area contributed by atoms with Gasteiger partial charge < -0.3 is 28.9 Å². The lowest BCUT2D eigenvalue weighted by molar-refractivity contribution is -0.669. The summed E-state index contributed by atoms with van der Waals surface area (Å²) < 4.78 is 2.35. The highest BCUT2D eigenvalue weighted by molar-refractivity contribution is 5.77. The summed E-state index contributed by atoms with van der Waals surface area (Å²) in [5.74, 6) is 0. The van der Waals surface area contributed by atoms with Crippen molar-refractivity contribution in [2.75, 3.05) is 11.4 Å². The summed E-state index contributed by atoms with van der Waals surface area (Å²) in [4.78, 5) is 2.35. The molecule has 0 spiro atoms. The predicted molar refractivity (Wildman–Crippen MR) is 125 cm³/mol. The zero-order chi connectivity index (χ0) is 20.1. The molecule has 30 heavy (non-hydrogen) atoms. The number of para-hydroxylation sites is 2. The summed E-state index contributed by atoms with van der Waals surface area (Å²) in [6, 6.07) is 21.5. The third kappa shape index (κ3) is 4.57. The number of hydrogen-bond donors (Lipinski definition) is 0. The topological polar surface area (TPSA) is 7.12 Å². The quantitative estimate of drug-likeness (QED) is 0.293. The molecule has 0 unspecified atom stereocenters. The molecule has 152 valence electrons. The second-order valence-corrected chi connectivity index (χ2v) is 7.03. The molecule has 0 saturated carbocycles. The molecule has 2 nitrogen and oxygen atoms in total. The fourth-order valence-corrected chi connectivity index (χ4v) is 3.93. The van der Waals surface area contributed by atoms with Crippen molar-refractivity contribution < 1.29 is 28.5 Å². The van der Waals surface area contributed by atoms with Crippen LogP contribution in [0.3, 0.4) is 0 Å². The van der Waals surface area contributed by atoms with Crippen molar-refractivity contribution in [2.45, 2.75) is 20.4 Å². The summed E-state index contributed by atoms with van der Waals surface area (Å²) in [5.41, 5.74) is 6.24. The van der Waals surface area contributed by atoms with E-state index in [9.17, 15) is 0 Å². The fraction of sp³-hybridized carbons (Fsp3) is 0.148. The van der Waals surface area contributed by atoms with Gasteiger partial charge in [0.05, 0.1) is 0 Å².